The van der Waals surface area contributed by atoms with E-state index in [0.29, 0.717) is 6.04 Å². The van der Waals surface area contributed by atoms with E-state index in [-0.39, 0.29) is 0 Å². The van der Waals surface area contributed by atoms with Crippen molar-refractivity contribution in [2.24, 2.45) is 0 Å². The molecule has 1 aromatic rings. The number of allylic oxidation sites excluding steroid dienone is 1. The van der Waals surface area contributed by atoms with Crippen LogP contribution in [0.15, 0.2) is 36.9 Å². The second kappa shape index (κ2) is 10.5. The Labute approximate surface area is 124 Å². The van der Waals surface area contributed by atoms with E-state index in [1.54, 1.807) is 0 Å². The molecule has 1 atom stereocenters. The smallest absolute Gasteiger partial charge is 0.119 e. The second-order valence-corrected chi connectivity index (χ2v) is 5.32. The zero-order valence-electron chi connectivity index (χ0n) is 13.0. The van der Waals surface area contributed by atoms with E-state index in [0.717, 1.165) is 31.7 Å². The molecule has 0 aromatic heterocycles. The summed E-state index contributed by atoms with van der Waals surface area (Å²) >= 11 is 0. The minimum Gasteiger partial charge on any atom is -0.494 e. The molecule has 2 heteroatoms. The third-order valence-electron chi connectivity index (χ3n) is 3.37. The Hall–Kier alpha value is -1.28. The molecule has 0 spiro atoms. The molecule has 1 unspecified atom stereocenters. The topological polar surface area (TPSA) is 21.3 Å². The third-order valence-corrected chi connectivity index (χ3v) is 3.37. The number of nitrogens with one attached hydrogen (secondary N) is 1. The first-order valence-corrected chi connectivity index (χ1v) is 7.80. The summed E-state index contributed by atoms with van der Waals surface area (Å²) in [4.78, 5) is 0. The van der Waals surface area contributed by atoms with Crippen LogP contribution in [0.4, 0.5) is 0 Å². The van der Waals surface area contributed by atoms with Crippen molar-refractivity contribution in [3.8, 4) is 5.75 Å². The average molecular weight is 275 g/mol. The predicted molar refractivity (Wildman–Crippen MR) is 87.4 cm³/mol. The number of benzene rings is 1. The van der Waals surface area contributed by atoms with Gasteiger partial charge in [-0.25, -0.2) is 0 Å². The van der Waals surface area contributed by atoms with Crippen molar-refractivity contribution in [1.82, 2.24) is 5.32 Å². The van der Waals surface area contributed by atoms with E-state index in [4.69, 9.17) is 4.74 Å². The molecule has 20 heavy (non-hydrogen) atoms. The lowest BCUT2D eigenvalue weighted by atomic mass is 10.1. The Morgan fingerprint density at radius 3 is 2.90 bits per heavy atom. The third kappa shape index (κ3) is 7.34. The summed E-state index contributed by atoms with van der Waals surface area (Å²) < 4.78 is 5.84. The van der Waals surface area contributed by atoms with Gasteiger partial charge in [-0.05, 0) is 63.3 Å². The van der Waals surface area contributed by atoms with Gasteiger partial charge >= 0.3 is 0 Å². The van der Waals surface area contributed by atoms with Crippen molar-refractivity contribution >= 4 is 0 Å². The zero-order chi connectivity index (χ0) is 14.6. The van der Waals surface area contributed by atoms with Crippen LogP contribution in [-0.2, 0) is 0 Å². The molecule has 1 rings (SSSR count). The molecule has 0 amide bonds. The van der Waals surface area contributed by atoms with E-state index in [1.165, 1.54) is 24.8 Å². The minimum absolute atomic E-state index is 0.555. The van der Waals surface area contributed by atoms with Crippen molar-refractivity contribution in [2.45, 2.75) is 52.0 Å². The fourth-order valence-corrected chi connectivity index (χ4v) is 2.23. The van der Waals surface area contributed by atoms with Crippen molar-refractivity contribution in [3.63, 3.8) is 0 Å². The summed E-state index contributed by atoms with van der Waals surface area (Å²) in [6, 6.07) is 8.81. The molecule has 0 aliphatic rings. The minimum atomic E-state index is 0.555. The summed E-state index contributed by atoms with van der Waals surface area (Å²) in [5.74, 6) is 0.977. The number of ether oxygens (including phenoxy) is 1. The molecule has 112 valence electrons. The van der Waals surface area contributed by atoms with Crippen LogP contribution in [0.3, 0.4) is 0 Å². The summed E-state index contributed by atoms with van der Waals surface area (Å²) in [6.07, 6.45) is 7.74. The van der Waals surface area contributed by atoms with Crippen LogP contribution in [0.1, 0.15) is 44.6 Å². The van der Waals surface area contributed by atoms with Gasteiger partial charge in [-0.3, -0.25) is 0 Å². The lowest BCUT2D eigenvalue weighted by Gasteiger charge is -2.18. The lowest BCUT2D eigenvalue weighted by Crippen LogP contribution is -2.31. The normalized spacial score (nSPS) is 12.1. The molecule has 0 aliphatic heterocycles. The van der Waals surface area contributed by atoms with Gasteiger partial charge < -0.3 is 10.1 Å². The van der Waals surface area contributed by atoms with Crippen molar-refractivity contribution < 1.29 is 4.74 Å². The molecule has 0 heterocycles. The maximum Gasteiger partial charge on any atom is 0.119 e. The molecule has 0 fully saturated rings. The number of hydrogen-bond acceptors (Lipinski definition) is 2. The van der Waals surface area contributed by atoms with E-state index < -0.39 is 0 Å². The molecular formula is C18H29NO. The molecule has 0 aliphatic carbocycles. The van der Waals surface area contributed by atoms with Crippen molar-refractivity contribution in [1.29, 1.82) is 0 Å². The second-order valence-electron chi connectivity index (χ2n) is 5.32. The van der Waals surface area contributed by atoms with Crippen LogP contribution in [0.2, 0.25) is 0 Å². The Morgan fingerprint density at radius 1 is 1.35 bits per heavy atom. The molecule has 0 bridgehead atoms. The SMILES string of the molecule is C=CCCCC(CCOc1cccc(C)c1)NCCC. The first-order chi connectivity index (χ1) is 9.76. The van der Waals surface area contributed by atoms with Gasteiger partial charge in [0.15, 0.2) is 0 Å². The van der Waals surface area contributed by atoms with Gasteiger partial charge in [0.1, 0.15) is 5.75 Å². The molecule has 1 aromatic carbocycles. The summed E-state index contributed by atoms with van der Waals surface area (Å²) in [5, 5.41) is 3.61. The summed E-state index contributed by atoms with van der Waals surface area (Å²) in [5.41, 5.74) is 1.24. The van der Waals surface area contributed by atoms with Gasteiger partial charge in [0.2, 0.25) is 0 Å². The van der Waals surface area contributed by atoms with Gasteiger partial charge in [-0.15, -0.1) is 6.58 Å². The standard InChI is InChI=1S/C18H29NO/c1-4-6-7-10-17(19-13-5-2)12-14-20-18-11-8-9-16(3)15-18/h4,8-9,11,15,17,19H,1,5-7,10,12-14H2,2-3H3. The van der Waals surface area contributed by atoms with E-state index in [2.05, 4.69) is 37.9 Å². The van der Waals surface area contributed by atoms with Crippen molar-refractivity contribution in [3.05, 3.63) is 42.5 Å². The highest BCUT2D eigenvalue weighted by Crippen LogP contribution is 2.13. The highest BCUT2D eigenvalue weighted by Gasteiger charge is 2.07. The van der Waals surface area contributed by atoms with Crippen LogP contribution in [-0.4, -0.2) is 19.2 Å². The highest BCUT2D eigenvalue weighted by atomic mass is 16.5. The monoisotopic (exact) mass is 275 g/mol. The molecule has 1 N–H and O–H groups in total. The summed E-state index contributed by atoms with van der Waals surface area (Å²) in [7, 11) is 0. The van der Waals surface area contributed by atoms with Crippen LogP contribution in [0.25, 0.3) is 0 Å². The fraction of sp³-hybridized carbons (Fsp3) is 0.556. The summed E-state index contributed by atoms with van der Waals surface area (Å²) in [6.45, 7) is 9.94. The van der Waals surface area contributed by atoms with Crippen LogP contribution in [0.5, 0.6) is 5.75 Å². The molecular weight excluding hydrogens is 246 g/mol. The number of rotatable bonds is 11. The number of unbranched alkanes of at least 4 members (excludes halogenated alkanes) is 1. The molecule has 0 radical (unpaired) electrons. The Balaban J connectivity index is 2.30. The lowest BCUT2D eigenvalue weighted by molar-refractivity contribution is 0.279. The van der Waals surface area contributed by atoms with Crippen molar-refractivity contribution in [2.75, 3.05) is 13.2 Å². The maximum atomic E-state index is 5.84. The largest absolute Gasteiger partial charge is 0.494 e. The predicted octanol–water partition coefficient (Wildman–Crippen LogP) is 4.49. The Morgan fingerprint density at radius 2 is 2.20 bits per heavy atom. The maximum absolute atomic E-state index is 5.84. The van der Waals surface area contributed by atoms with Gasteiger partial charge in [0.05, 0.1) is 6.61 Å². The van der Waals surface area contributed by atoms with Crippen LogP contribution < -0.4 is 10.1 Å². The molecule has 2 nitrogen and oxygen atoms in total. The number of aryl methyl sites for hydroxylation is 1. The first-order valence-electron chi connectivity index (χ1n) is 7.80. The van der Waals surface area contributed by atoms with Gasteiger partial charge in [0, 0.05) is 6.04 Å². The average Bonchev–Trinajstić information content (AvgIpc) is 2.44. The van der Waals surface area contributed by atoms with Gasteiger partial charge in [-0.1, -0.05) is 25.1 Å². The fourth-order valence-electron chi connectivity index (χ4n) is 2.23. The molecule has 0 saturated heterocycles. The molecule has 0 saturated carbocycles. The Kier molecular flexibility index (Phi) is 8.81. The quantitative estimate of drug-likeness (QED) is 0.474. The van der Waals surface area contributed by atoms with E-state index in [9.17, 15) is 0 Å². The van der Waals surface area contributed by atoms with E-state index in [1.807, 2.05) is 18.2 Å². The zero-order valence-corrected chi connectivity index (χ0v) is 13.0. The Bertz CT molecular complexity index is 375. The highest BCUT2D eigenvalue weighted by molar-refractivity contribution is 5.27. The van der Waals surface area contributed by atoms with Crippen LogP contribution >= 0.6 is 0 Å². The van der Waals surface area contributed by atoms with Gasteiger partial charge in [0.25, 0.3) is 0 Å². The number of hydrogen-bond donors (Lipinski definition) is 1. The van der Waals surface area contributed by atoms with Gasteiger partial charge in [-0.2, -0.15) is 0 Å². The van der Waals surface area contributed by atoms with Crippen LogP contribution in [0, 0.1) is 6.92 Å². The first kappa shape index (κ1) is 16.8. The van der Waals surface area contributed by atoms with E-state index >= 15 is 0 Å².